The van der Waals surface area contributed by atoms with E-state index >= 15 is 0 Å². The van der Waals surface area contributed by atoms with Crippen molar-refractivity contribution in [3.05, 3.63) is 12.7 Å². The molecule has 1 rings (SSSR count). The average Bonchev–Trinajstić information content (AvgIpc) is 2.23. The summed E-state index contributed by atoms with van der Waals surface area (Å²) in [6.07, 6.45) is -4.51. The summed E-state index contributed by atoms with van der Waals surface area (Å²) in [6.45, 7) is 3.09. The molecule has 15 heavy (non-hydrogen) atoms. The van der Waals surface area contributed by atoms with Crippen LogP contribution in [0.4, 0.5) is 0 Å². The second-order valence-corrected chi connectivity index (χ2v) is 3.32. The SMILES string of the molecule is C=CCO[C@@H]1[C@@H](O)[C@@H](O)O[C@H](CO)[C@H]1O. The third-order valence-electron chi connectivity index (χ3n) is 2.25. The van der Waals surface area contributed by atoms with E-state index in [4.69, 9.17) is 14.6 Å². The summed E-state index contributed by atoms with van der Waals surface area (Å²) in [7, 11) is 0. The molecule has 88 valence electrons. The van der Waals surface area contributed by atoms with E-state index in [1.54, 1.807) is 0 Å². The summed E-state index contributed by atoms with van der Waals surface area (Å²) in [5.74, 6) is 0. The van der Waals surface area contributed by atoms with E-state index in [1.807, 2.05) is 0 Å². The van der Waals surface area contributed by atoms with E-state index < -0.39 is 37.3 Å². The van der Waals surface area contributed by atoms with Crippen LogP contribution in [0, 0.1) is 0 Å². The average molecular weight is 220 g/mol. The van der Waals surface area contributed by atoms with Crippen LogP contribution < -0.4 is 0 Å². The Kier molecular flexibility index (Phi) is 4.65. The van der Waals surface area contributed by atoms with E-state index in [0.717, 1.165) is 0 Å². The second-order valence-electron chi connectivity index (χ2n) is 3.32. The van der Waals surface area contributed by atoms with Crippen molar-refractivity contribution in [1.29, 1.82) is 0 Å². The summed E-state index contributed by atoms with van der Waals surface area (Å²) < 4.78 is 9.86. The van der Waals surface area contributed by atoms with Crippen LogP contribution in [0.1, 0.15) is 0 Å². The topological polar surface area (TPSA) is 99.4 Å². The Labute approximate surface area is 87.4 Å². The van der Waals surface area contributed by atoms with Gasteiger partial charge in [-0.2, -0.15) is 0 Å². The zero-order valence-corrected chi connectivity index (χ0v) is 8.19. The van der Waals surface area contributed by atoms with Crippen molar-refractivity contribution >= 4 is 0 Å². The normalized spacial score (nSPS) is 41.5. The highest BCUT2D eigenvalue weighted by atomic mass is 16.6. The van der Waals surface area contributed by atoms with E-state index in [-0.39, 0.29) is 6.61 Å². The molecule has 5 atom stereocenters. The van der Waals surface area contributed by atoms with E-state index in [1.165, 1.54) is 6.08 Å². The summed E-state index contributed by atoms with van der Waals surface area (Å²) in [4.78, 5) is 0. The molecule has 0 aromatic rings. The minimum absolute atomic E-state index is 0.129. The molecule has 0 aromatic carbocycles. The number of rotatable bonds is 4. The van der Waals surface area contributed by atoms with Gasteiger partial charge in [-0.05, 0) is 0 Å². The van der Waals surface area contributed by atoms with Gasteiger partial charge in [0.1, 0.15) is 24.4 Å². The standard InChI is InChI=1S/C9H16O6/c1-2-3-14-8-6(11)5(4-10)15-9(13)7(8)12/h2,5-13H,1,3-4H2/t5-,6-,7-,8+,9+/m1/s1. The third-order valence-corrected chi connectivity index (χ3v) is 2.25. The molecule has 6 heteroatoms. The van der Waals surface area contributed by atoms with Crippen molar-refractivity contribution < 1.29 is 29.9 Å². The molecule has 0 spiro atoms. The van der Waals surface area contributed by atoms with Crippen molar-refractivity contribution in [3.8, 4) is 0 Å². The molecule has 4 N–H and O–H groups in total. The quantitative estimate of drug-likeness (QED) is 0.408. The van der Waals surface area contributed by atoms with E-state index in [9.17, 15) is 15.3 Å². The van der Waals surface area contributed by atoms with Crippen LogP contribution in [-0.4, -0.2) is 64.3 Å². The van der Waals surface area contributed by atoms with Crippen molar-refractivity contribution in [2.75, 3.05) is 13.2 Å². The maximum absolute atomic E-state index is 9.63. The van der Waals surface area contributed by atoms with Crippen LogP contribution in [0.3, 0.4) is 0 Å². The summed E-state index contributed by atoms with van der Waals surface area (Å²) >= 11 is 0. The second kappa shape index (κ2) is 5.55. The minimum atomic E-state index is -1.47. The molecule has 0 unspecified atom stereocenters. The first-order chi connectivity index (χ1) is 7.11. The fourth-order valence-electron chi connectivity index (χ4n) is 1.44. The zero-order valence-electron chi connectivity index (χ0n) is 8.19. The number of aliphatic hydroxyl groups is 4. The molecule has 0 saturated carbocycles. The fourth-order valence-corrected chi connectivity index (χ4v) is 1.44. The van der Waals surface area contributed by atoms with Crippen LogP contribution in [0.15, 0.2) is 12.7 Å². The lowest BCUT2D eigenvalue weighted by Crippen LogP contribution is -2.59. The first kappa shape index (κ1) is 12.6. The smallest absolute Gasteiger partial charge is 0.184 e. The first-order valence-corrected chi connectivity index (χ1v) is 4.64. The molecule has 1 aliphatic rings. The lowest BCUT2D eigenvalue weighted by atomic mass is 9.99. The zero-order chi connectivity index (χ0) is 11.4. The van der Waals surface area contributed by atoms with Crippen LogP contribution in [-0.2, 0) is 9.47 Å². The summed E-state index contributed by atoms with van der Waals surface area (Å²) in [5.41, 5.74) is 0. The molecule has 0 amide bonds. The Bertz CT molecular complexity index is 209. The summed E-state index contributed by atoms with van der Waals surface area (Å²) in [5, 5.41) is 37.2. The first-order valence-electron chi connectivity index (χ1n) is 4.64. The maximum atomic E-state index is 9.63. The van der Waals surface area contributed by atoms with Crippen LogP contribution in [0.2, 0.25) is 0 Å². The Balaban J connectivity index is 2.65. The van der Waals surface area contributed by atoms with Crippen LogP contribution in [0.5, 0.6) is 0 Å². The maximum Gasteiger partial charge on any atom is 0.184 e. The molecule has 0 aliphatic carbocycles. The van der Waals surface area contributed by atoms with Gasteiger partial charge in [0.25, 0.3) is 0 Å². The molecule has 0 aromatic heterocycles. The predicted octanol–water partition coefficient (Wildman–Crippen LogP) is -2.01. The lowest BCUT2D eigenvalue weighted by Gasteiger charge is -2.39. The van der Waals surface area contributed by atoms with Crippen LogP contribution in [0.25, 0.3) is 0 Å². The van der Waals surface area contributed by atoms with Gasteiger partial charge in [0.2, 0.25) is 0 Å². The molecule has 1 heterocycles. The molecule has 1 saturated heterocycles. The van der Waals surface area contributed by atoms with Gasteiger partial charge < -0.3 is 29.9 Å². The van der Waals surface area contributed by atoms with Gasteiger partial charge >= 0.3 is 0 Å². The minimum Gasteiger partial charge on any atom is -0.394 e. The Hall–Kier alpha value is -0.500. The highest BCUT2D eigenvalue weighted by Gasteiger charge is 2.44. The molecule has 0 radical (unpaired) electrons. The van der Waals surface area contributed by atoms with Crippen molar-refractivity contribution in [1.82, 2.24) is 0 Å². The molecular weight excluding hydrogens is 204 g/mol. The predicted molar refractivity (Wildman–Crippen MR) is 49.9 cm³/mol. The van der Waals surface area contributed by atoms with E-state index in [2.05, 4.69) is 6.58 Å². The lowest BCUT2D eigenvalue weighted by molar-refractivity contribution is -0.292. The van der Waals surface area contributed by atoms with Crippen LogP contribution >= 0.6 is 0 Å². The summed E-state index contributed by atoms with van der Waals surface area (Å²) in [6, 6.07) is 0. The Morgan fingerprint density at radius 2 is 1.93 bits per heavy atom. The monoisotopic (exact) mass is 220 g/mol. The van der Waals surface area contributed by atoms with Gasteiger partial charge in [-0.15, -0.1) is 6.58 Å². The Morgan fingerprint density at radius 3 is 2.47 bits per heavy atom. The molecule has 0 bridgehead atoms. The molecule has 1 fully saturated rings. The van der Waals surface area contributed by atoms with Gasteiger partial charge in [0.15, 0.2) is 6.29 Å². The third kappa shape index (κ3) is 2.75. The highest BCUT2D eigenvalue weighted by Crippen LogP contribution is 2.22. The van der Waals surface area contributed by atoms with Gasteiger partial charge in [-0.3, -0.25) is 0 Å². The number of hydrogen-bond donors (Lipinski definition) is 4. The van der Waals surface area contributed by atoms with Crippen molar-refractivity contribution in [2.45, 2.75) is 30.7 Å². The van der Waals surface area contributed by atoms with Crippen molar-refractivity contribution in [3.63, 3.8) is 0 Å². The molecular formula is C9H16O6. The fraction of sp³-hybridized carbons (Fsp3) is 0.778. The number of ether oxygens (including phenoxy) is 2. The van der Waals surface area contributed by atoms with Crippen molar-refractivity contribution in [2.24, 2.45) is 0 Å². The van der Waals surface area contributed by atoms with Gasteiger partial charge in [0, 0.05) is 0 Å². The molecule has 1 aliphatic heterocycles. The van der Waals surface area contributed by atoms with Gasteiger partial charge in [0.05, 0.1) is 13.2 Å². The number of aliphatic hydroxyl groups excluding tert-OH is 4. The highest BCUT2D eigenvalue weighted by molar-refractivity contribution is 4.90. The van der Waals surface area contributed by atoms with Gasteiger partial charge in [-0.25, -0.2) is 0 Å². The van der Waals surface area contributed by atoms with E-state index in [0.29, 0.717) is 0 Å². The largest absolute Gasteiger partial charge is 0.394 e. The molecule has 6 nitrogen and oxygen atoms in total. The number of hydrogen-bond acceptors (Lipinski definition) is 6. The Morgan fingerprint density at radius 1 is 1.27 bits per heavy atom. The van der Waals surface area contributed by atoms with Gasteiger partial charge in [-0.1, -0.05) is 6.08 Å².